The van der Waals surface area contributed by atoms with E-state index in [1.807, 2.05) is 13.8 Å². The van der Waals surface area contributed by atoms with Gasteiger partial charge < -0.3 is 59.6 Å². The lowest BCUT2D eigenvalue weighted by Crippen LogP contribution is -2.49. The Morgan fingerprint density at radius 3 is 1.00 bits per heavy atom. The first-order valence-corrected chi connectivity index (χ1v) is 28.6. The van der Waals surface area contributed by atoms with Gasteiger partial charge in [0.05, 0.1) is 71.5 Å². The van der Waals surface area contributed by atoms with Crippen LogP contribution in [0, 0.1) is 11.8 Å². The third kappa shape index (κ3) is 29.2. The van der Waals surface area contributed by atoms with Crippen molar-refractivity contribution in [1.82, 2.24) is 59.6 Å². The molecule has 0 unspecified atom stereocenters. The first-order valence-electron chi connectivity index (χ1n) is 26.2. The number of hydrogen-bond donors (Lipinski definition) is 2. The molecule has 80 heavy (non-hydrogen) atoms. The number of nitrogens with one attached hydrogen (secondary N) is 2. The first kappa shape index (κ1) is 73.7. The molecule has 0 aromatic heterocycles. The van der Waals surface area contributed by atoms with E-state index in [9.17, 15) is 67.1 Å². The van der Waals surface area contributed by atoms with E-state index < -0.39 is 117 Å². The SMILES string of the molecule is CC(C)C(=O)NCCSSC(C)(C)CCC(=O)CCCC(=O)N(C)CC(=O)N(C)CC(=O)N(C)CC(=O)N(C)CC(=O)N(C)CC(=O)N(C)CC(=O)N(C)CC(=O)N(C)CC(=O)N(C)CC(=O)N(C)CC(=O)N[C@@H](C)C(=O)C(C)C. The molecule has 26 nitrogen and oxygen atoms in total. The van der Waals surface area contributed by atoms with Gasteiger partial charge in [-0.3, -0.25) is 67.1 Å². The second kappa shape index (κ2) is 36.1. The van der Waals surface area contributed by atoms with Crippen LogP contribution in [0.15, 0.2) is 0 Å². The highest BCUT2D eigenvalue weighted by Crippen LogP contribution is 2.38. The molecule has 0 aliphatic heterocycles. The van der Waals surface area contributed by atoms with E-state index in [-0.39, 0.29) is 65.9 Å². The Balaban J connectivity index is 4.82. The zero-order valence-electron chi connectivity index (χ0n) is 50.3. The molecule has 0 aliphatic rings. The quantitative estimate of drug-likeness (QED) is 0.0548. The second-order valence-corrected chi connectivity index (χ2v) is 24.5. The Labute approximate surface area is 480 Å². The zero-order chi connectivity index (χ0) is 61.9. The number of carbonyl (C=O) groups is 14. The minimum Gasteiger partial charge on any atom is -0.355 e. The van der Waals surface area contributed by atoms with Crippen LogP contribution in [0.3, 0.4) is 0 Å². The van der Waals surface area contributed by atoms with Crippen molar-refractivity contribution in [2.45, 2.75) is 91.4 Å². The van der Waals surface area contributed by atoms with Crippen LogP contribution < -0.4 is 10.6 Å². The third-order valence-electron chi connectivity index (χ3n) is 12.5. The van der Waals surface area contributed by atoms with Crippen molar-refractivity contribution < 1.29 is 67.1 Å². The van der Waals surface area contributed by atoms with Crippen molar-refractivity contribution in [2.24, 2.45) is 11.8 Å². The molecule has 0 aromatic carbocycles. The van der Waals surface area contributed by atoms with Gasteiger partial charge in [-0.1, -0.05) is 49.3 Å². The van der Waals surface area contributed by atoms with Crippen molar-refractivity contribution in [1.29, 1.82) is 0 Å². The molecule has 0 spiro atoms. The summed E-state index contributed by atoms with van der Waals surface area (Å²) in [6.45, 7) is 9.04. The molecule has 2 N–H and O–H groups in total. The van der Waals surface area contributed by atoms with Gasteiger partial charge >= 0.3 is 0 Å². The Morgan fingerprint density at radius 2 is 0.700 bits per heavy atom. The monoisotopic (exact) mass is 1170 g/mol. The Hall–Kier alpha value is -6.32. The Morgan fingerprint density at radius 1 is 0.400 bits per heavy atom. The average molecular weight is 1170 g/mol. The highest BCUT2D eigenvalue weighted by Gasteiger charge is 2.28. The van der Waals surface area contributed by atoms with Crippen molar-refractivity contribution in [3.05, 3.63) is 0 Å². The maximum Gasteiger partial charge on any atom is 0.242 e. The summed E-state index contributed by atoms with van der Waals surface area (Å²) in [5, 5.41) is 5.42. The summed E-state index contributed by atoms with van der Waals surface area (Å²) < 4.78 is -0.167. The molecule has 0 fully saturated rings. The number of ketones is 2. The largest absolute Gasteiger partial charge is 0.355 e. The van der Waals surface area contributed by atoms with E-state index in [4.69, 9.17) is 0 Å². The highest BCUT2D eigenvalue weighted by molar-refractivity contribution is 8.77. The van der Waals surface area contributed by atoms with Crippen LogP contribution in [0.4, 0.5) is 0 Å². The van der Waals surface area contributed by atoms with Crippen LogP contribution in [-0.4, -0.2) is 290 Å². The van der Waals surface area contributed by atoms with E-state index in [1.165, 1.54) is 75.4 Å². The van der Waals surface area contributed by atoms with Crippen LogP contribution in [0.1, 0.15) is 80.6 Å². The average Bonchev–Trinajstić information content (AvgIpc) is 3.36. The molecule has 0 aliphatic carbocycles. The van der Waals surface area contributed by atoms with E-state index in [0.717, 1.165) is 49.9 Å². The predicted molar refractivity (Wildman–Crippen MR) is 304 cm³/mol. The summed E-state index contributed by atoms with van der Waals surface area (Å²) in [4.78, 5) is 189. The number of amides is 12. The van der Waals surface area contributed by atoms with Gasteiger partial charge in [0.2, 0.25) is 70.9 Å². The molecule has 0 aromatic rings. The molecule has 0 saturated carbocycles. The van der Waals surface area contributed by atoms with Crippen molar-refractivity contribution in [2.75, 3.05) is 148 Å². The molecule has 12 amide bonds. The fourth-order valence-electron chi connectivity index (χ4n) is 6.72. The van der Waals surface area contributed by atoms with Crippen LogP contribution in [-0.2, 0) is 67.1 Å². The van der Waals surface area contributed by atoms with Crippen molar-refractivity contribution in [3.63, 3.8) is 0 Å². The number of nitrogens with zero attached hydrogens (tertiary/aromatic N) is 10. The highest BCUT2D eigenvalue weighted by atomic mass is 33.1. The minimum atomic E-state index is -0.739. The summed E-state index contributed by atoms with van der Waals surface area (Å²) in [6.07, 6.45) is 1.60. The van der Waals surface area contributed by atoms with Crippen LogP contribution in [0.25, 0.3) is 0 Å². The predicted octanol–water partition coefficient (Wildman–Crippen LogP) is -1.25. The number of carbonyl (C=O) groups excluding carboxylic acids is 14. The first-order chi connectivity index (χ1) is 36.9. The van der Waals surface area contributed by atoms with Crippen molar-refractivity contribution >= 4 is 104 Å². The third-order valence-corrected chi connectivity index (χ3v) is 15.9. The molecule has 454 valence electrons. The standard InChI is InChI=1S/C52H90N12O14S2/c1-35(2)50(77)37(5)54-39(66)25-55(8)41(68)27-57(10)43(70)29-59(12)45(72)31-61(14)47(74)33-63(16)49(76)34-64(17)48(75)32-62(15)46(73)30-60(13)44(71)28-58(11)42(69)26-56(9)40(67)20-18-19-38(65)21-22-52(6,7)80-79-24-23-53-51(78)36(3)4/h35-37H,18-34H2,1-17H3,(H,53,78)(H,54,66)/t37-/m0/s1. The smallest absolute Gasteiger partial charge is 0.242 e. The van der Waals surface area contributed by atoms with Crippen molar-refractivity contribution in [3.8, 4) is 0 Å². The normalized spacial score (nSPS) is 11.4. The fourth-order valence-corrected chi connectivity index (χ4v) is 9.20. The fraction of sp³-hybridized carbons (Fsp3) is 0.731. The number of hydrogen-bond acceptors (Lipinski definition) is 16. The molecule has 0 radical (unpaired) electrons. The molecule has 0 saturated heterocycles. The van der Waals surface area contributed by atoms with E-state index in [2.05, 4.69) is 24.5 Å². The summed E-state index contributed by atoms with van der Waals surface area (Å²) in [5.74, 6) is -6.12. The molecular weight excluding hydrogens is 1080 g/mol. The number of rotatable bonds is 36. The lowest BCUT2D eigenvalue weighted by atomic mass is 10.0. The van der Waals surface area contributed by atoms with Gasteiger partial charge in [0, 0.05) is 119 Å². The van der Waals surface area contributed by atoms with Gasteiger partial charge in [-0.2, -0.15) is 0 Å². The van der Waals surface area contributed by atoms with Gasteiger partial charge in [-0.05, 0) is 33.6 Å². The van der Waals surface area contributed by atoms with Gasteiger partial charge in [0.1, 0.15) is 5.78 Å². The lowest BCUT2D eigenvalue weighted by molar-refractivity contribution is -0.146. The Kier molecular flexibility index (Phi) is 33.3. The summed E-state index contributed by atoms with van der Waals surface area (Å²) in [6, 6.07) is -0.739. The minimum absolute atomic E-state index is 0.0101. The summed E-state index contributed by atoms with van der Waals surface area (Å²) >= 11 is 0. The molecule has 0 heterocycles. The lowest BCUT2D eigenvalue weighted by Gasteiger charge is -2.27. The van der Waals surface area contributed by atoms with Crippen LogP contribution in [0.2, 0.25) is 0 Å². The van der Waals surface area contributed by atoms with Gasteiger partial charge in [0.25, 0.3) is 0 Å². The topological polar surface area (TPSA) is 295 Å². The maximum absolute atomic E-state index is 13.0. The van der Waals surface area contributed by atoms with Gasteiger partial charge in [0.15, 0.2) is 5.78 Å². The Bertz CT molecular complexity index is 2220. The zero-order valence-corrected chi connectivity index (χ0v) is 51.9. The second-order valence-electron chi connectivity index (χ2n) is 21.3. The summed E-state index contributed by atoms with van der Waals surface area (Å²) in [5.41, 5.74) is 0. The molecular formula is C52H90N12O14S2. The maximum atomic E-state index is 13.0. The summed E-state index contributed by atoms with van der Waals surface area (Å²) in [7, 11) is 16.8. The van der Waals surface area contributed by atoms with E-state index in [0.29, 0.717) is 25.8 Å². The molecule has 28 heteroatoms. The molecule has 0 rings (SSSR count). The van der Waals surface area contributed by atoms with Gasteiger partial charge in [-0.15, -0.1) is 0 Å². The van der Waals surface area contributed by atoms with Crippen LogP contribution >= 0.6 is 21.6 Å². The number of likely N-dealkylation sites (N-methyl/N-ethyl adjacent to an activating group) is 10. The van der Waals surface area contributed by atoms with E-state index >= 15 is 0 Å². The number of Topliss-reactive ketones (excluding diaryl/α,β-unsaturated/α-hetero) is 2. The van der Waals surface area contributed by atoms with Crippen LogP contribution in [0.5, 0.6) is 0 Å². The molecule has 0 bridgehead atoms. The molecule has 1 atom stereocenters. The van der Waals surface area contributed by atoms with E-state index in [1.54, 1.807) is 42.4 Å². The van der Waals surface area contributed by atoms with Gasteiger partial charge in [-0.25, -0.2) is 0 Å².